The van der Waals surface area contributed by atoms with Crippen LogP contribution in [0.5, 0.6) is 0 Å². The average molecular weight is 292 g/mol. The molecule has 0 aromatic carbocycles. The van der Waals surface area contributed by atoms with Crippen molar-refractivity contribution in [2.45, 2.75) is 25.3 Å². The van der Waals surface area contributed by atoms with Crippen molar-refractivity contribution in [3.05, 3.63) is 18.2 Å². The van der Waals surface area contributed by atoms with Crippen LogP contribution in [0.4, 0.5) is 10.6 Å². The molecule has 2 amide bonds. The van der Waals surface area contributed by atoms with Crippen LogP contribution in [0.3, 0.4) is 0 Å². The Labute approximate surface area is 124 Å². The summed E-state index contributed by atoms with van der Waals surface area (Å²) in [5.41, 5.74) is 0. The number of amides is 2. The molecule has 1 aromatic heterocycles. The highest BCUT2D eigenvalue weighted by Gasteiger charge is 2.12. The molecule has 0 aliphatic rings. The summed E-state index contributed by atoms with van der Waals surface area (Å²) in [4.78, 5) is 17.8. The summed E-state index contributed by atoms with van der Waals surface area (Å²) in [5.74, 6) is 1.35. The SMILES string of the molecule is CCCSc1cccc(NC(=O)N(C)CC(C)C#N)n1. The third-order valence-electron chi connectivity index (χ3n) is 2.53. The number of urea groups is 1. The van der Waals surface area contributed by atoms with E-state index in [-0.39, 0.29) is 11.9 Å². The van der Waals surface area contributed by atoms with Crippen molar-refractivity contribution in [3.63, 3.8) is 0 Å². The lowest BCUT2D eigenvalue weighted by atomic mass is 10.2. The van der Waals surface area contributed by atoms with Gasteiger partial charge in [-0.3, -0.25) is 5.32 Å². The number of carbonyl (C=O) groups excluding carboxylic acids is 1. The largest absolute Gasteiger partial charge is 0.326 e. The van der Waals surface area contributed by atoms with Crippen LogP contribution in [0, 0.1) is 17.2 Å². The molecule has 0 aliphatic carbocycles. The summed E-state index contributed by atoms with van der Waals surface area (Å²) in [7, 11) is 1.67. The normalized spacial score (nSPS) is 11.5. The first-order valence-electron chi connectivity index (χ1n) is 6.58. The molecule has 20 heavy (non-hydrogen) atoms. The minimum absolute atomic E-state index is 0.190. The molecular weight excluding hydrogens is 272 g/mol. The summed E-state index contributed by atoms with van der Waals surface area (Å²) < 4.78 is 0. The maximum Gasteiger partial charge on any atom is 0.322 e. The standard InChI is InChI=1S/C14H20N4OS/c1-4-8-20-13-7-5-6-12(16-13)17-14(19)18(3)10-11(2)9-15/h5-7,11H,4,8,10H2,1-3H3,(H,16,17,19). The van der Waals surface area contributed by atoms with Gasteiger partial charge in [-0.2, -0.15) is 5.26 Å². The van der Waals surface area contributed by atoms with Gasteiger partial charge in [-0.05, 0) is 31.2 Å². The number of pyridine rings is 1. The second-order valence-electron chi connectivity index (χ2n) is 4.55. The molecule has 1 unspecified atom stereocenters. The van der Waals surface area contributed by atoms with Gasteiger partial charge in [0.2, 0.25) is 0 Å². The summed E-state index contributed by atoms with van der Waals surface area (Å²) in [6.07, 6.45) is 1.08. The van der Waals surface area contributed by atoms with Gasteiger partial charge in [0.05, 0.1) is 17.0 Å². The fourth-order valence-electron chi connectivity index (χ4n) is 1.51. The molecule has 108 valence electrons. The van der Waals surface area contributed by atoms with Gasteiger partial charge in [-0.25, -0.2) is 9.78 Å². The van der Waals surface area contributed by atoms with Crippen LogP contribution in [-0.4, -0.2) is 35.3 Å². The van der Waals surface area contributed by atoms with E-state index in [4.69, 9.17) is 5.26 Å². The lowest BCUT2D eigenvalue weighted by molar-refractivity contribution is 0.219. The van der Waals surface area contributed by atoms with Gasteiger partial charge in [-0.15, -0.1) is 11.8 Å². The van der Waals surface area contributed by atoms with Gasteiger partial charge in [0, 0.05) is 13.6 Å². The molecule has 0 saturated heterocycles. The number of hydrogen-bond donors (Lipinski definition) is 1. The van der Waals surface area contributed by atoms with E-state index in [2.05, 4.69) is 23.3 Å². The van der Waals surface area contributed by atoms with Crippen LogP contribution < -0.4 is 5.32 Å². The Morgan fingerprint density at radius 2 is 2.35 bits per heavy atom. The number of rotatable bonds is 6. The van der Waals surface area contributed by atoms with Crippen LogP contribution in [0.2, 0.25) is 0 Å². The first kappa shape index (κ1) is 16.3. The summed E-state index contributed by atoms with van der Waals surface area (Å²) in [6.45, 7) is 4.29. The number of hydrogen-bond acceptors (Lipinski definition) is 4. The molecule has 1 atom stereocenters. The van der Waals surface area contributed by atoms with E-state index in [0.717, 1.165) is 17.2 Å². The zero-order chi connectivity index (χ0) is 15.0. The van der Waals surface area contributed by atoms with Gasteiger partial charge in [-0.1, -0.05) is 13.0 Å². The molecule has 1 rings (SSSR count). The van der Waals surface area contributed by atoms with Crippen LogP contribution in [0.15, 0.2) is 23.2 Å². The molecule has 0 radical (unpaired) electrons. The number of nitrogens with zero attached hydrogens (tertiary/aromatic N) is 3. The molecular formula is C14H20N4OS. The van der Waals surface area contributed by atoms with Crippen molar-refractivity contribution in [2.75, 3.05) is 24.7 Å². The van der Waals surface area contributed by atoms with Crippen molar-refractivity contribution >= 4 is 23.6 Å². The van der Waals surface area contributed by atoms with Gasteiger partial charge >= 0.3 is 6.03 Å². The second-order valence-corrected chi connectivity index (χ2v) is 5.67. The highest BCUT2D eigenvalue weighted by molar-refractivity contribution is 7.99. The van der Waals surface area contributed by atoms with E-state index in [9.17, 15) is 4.79 Å². The predicted molar refractivity (Wildman–Crippen MR) is 81.7 cm³/mol. The molecule has 0 saturated carbocycles. The van der Waals surface area contributed by atoms with Crippen molar-refractivity contribution in [1.82, 2.24) is 9.88 Å². The number of anilines is 1. The number of thioether (sulfide) groups is 1. The highest BCUT2D eigenvalue weighted by atomic mass is 32.2. The van der Waals surface area contributed by atoms with E-state index in [0.29, 0.717) is 12.4 Å². The molecule has 0 fully saturated rings. The first-order chi connectivity index (χ1) is 9.56. The Balaban J connectivity index is 2.59. The topological polar surface area (TPSA) is 69.0 Å². The molecule has 1 aromatic rings. The maximum atomic E-state index is 11.9. The molecule has 1 heterocycles. The molecule has 5 nitrogen and oxygen atoms in total. The van der Waals surface area contributed by atoms with Crippen molar-refractivity contribution < 1.29 is 4.79 Å². The second kappa shape index (κ2) is 8.43. The highest BCUT2D eigenvalue weighted by Crippen LogP contribution is 2.18. The molecule has 0 bridgehead atoms. The van der Waals surface area contributed by atoms with E-state index in [1.807, 2.05) is 12.1 Å². The third-order valence-corrected chi connectivity index (χ3v) is 3.66. The fraction of sp³-hybridized carbons (Fsp3) is 0.500. The zero-order valence-electron chi connectivity index (χ0n) is 12.1. The fourth-order valence-corrected chi connectivity index (χ4v) is 2.26. The van der Waals surface area contributed by atoms with Crippen molar-refractivity contribution in [1.29, 1.82) is 5.26 Å². The van der Waals surface area contributed by atoms with Gasteiger partial charge in [0.15, 0.2) is 0 Å². The van der Waals surface area contributed by atoms with E-state index >= 15 is 0 Å². The summed E-state index contributed by atoms with van der Waals surface area (Å²) in [5, 5.41) is 12.4. The third kappa shape index (κ3) is 5.49. The van der Waals surface area contributed by atoms with E-state index in [1.165, 1.54) is 4.90 Å². The number of nitriles is 1. The van der Waals surface area contributed by atoms with Crippen LogP contribution >= 0.6 is 11.8 Å². The van der Waals surface area contributed by atoms with Crippen LogP contribution in [0.1, 0.15) is 20.3 Å². The minimum atomic E-state index is -0.253. The van der Waals surface area contributed by atoms with Crippen LogP contribution in [-0.2, 0) is 0 Å². The van der Waals surface area contributed by atoms with E-state index in [1.54, 1.807) is 31.8 Å². The number of carbonyl (C=O) groups is 1. The first-order valence-corrected chi connectivity index (χ1v) is 7.57. The maximum absolute atomic E-state index is 11.9. The van der Waals surface area contributed by atoms with Gasteiger partial charge < -0.3 is 4.90 Å². The number of aromatic nitrogens is 1. The van der Waals surface area contributed by atoms with Gasteiger partial charge in [0.25, 0.3) is 0 Å². The quantitative estimate of drug-likeness (QED) is 0.817. The smallest absolute Gasteiger partial charge is 0.322 e. The lowest BCUT2D eigenvalue weighted by Gasteiger charge is -2.18. The predicted octanol–water partition coefficient (Wildman–Crippen LogP) is 3.21. The van der Waals surface area contributed by atoms with E-state index < -0.39 is 0 Å². The minimum Gasteiger partial charge on any atom is -0.326 e. The van der Waals surface area contributed by atoms with Crippen LogP contribution in [0.25, 0.3) is 0 Å². The Kier molecular flexibility index (Phi) is 6.88. The number of nitrogens with one attached hydrogen (secondary N) is 1. The van der Waals surface area contributed by atoms with Gasteiger partial charge in [0.1, 0.15) is 5.82 Å². The zero-order valence-corrected chi connectivity index (χ0v) is 12.9. The monoisotopic (exact) mass is 292 g/mol. The average Bonchev–Trinajstić information content (AvgIpc) is 2.45. The Morgan fingerprint density at radius 1 is 1.60 bits per heavy atom. The van der Waals surface area contributed by atoms with Crippen molar-refractivity contribution in [2.24, 2.45) is 5.92 Å². The Hall–Kier alpha value is -1.74. The Bertz CT molecular complexity index is 486. The molecule has 1 N–H and O–H groups in total. The summed E-state index contributed by atoms with van der Waals surface area (Å²) >= 11 is 1.67. The molecule has 0 spiro atoms. The van der Waals surface area contributed by atoms with Crippen molar-refractivity contribution in [3.8, 4) is 6.07 Å². The summed E-state index contributed by atoms with van der Waals surface area (Å²) in [6, 6.07) is 7.41. The molecule has 0 aliphatic heterocycles. The molecule has 6 heteroatoms. The Morgan fingerprint density at radius 3 is 3.00 bits per heavy atom. The lowest BCUT2D eigenvalue weighted by Crippen LogP contribution is -2.34.